The van der Waals surface area contributed by atoms with Crippen molar-refractivity contribution in [1.29, 1.82) is 0 Å². The zero-order valence-electron chi connectivity index (χ0n) is 12.5. The van der Waals surface area contributed by atoms with Gasteiger partial charge in [-0.3, -0.25) is 0 Å². The Morgan fingerprint density at radius 3 is 2.82 bits per heavy atom. The Morgan fingerprint density at radius 2 is 2.09 bits per heavy atom. The summed E-state index contributed by atoms with van der Waals surface area (Å²) < 4.78 is 18.8. The minimum Gasteiger partial charge on any atom is -0.494 e. The molecular formula is C17H20ClFN2O. The number of fused-ring (bicyclic) bond motifs is 1. The molecule has 2 aromatic rings. The van der Waals surface area contributed by atoms with Crippen molar-refractivity contribution < 1.29 is 9.13 Å². The van der Waals surface area contributed by atoms with Crippen LogP contribution in [0, 0.1) is 5.82 Å². The van der Waals surface area contributed by atoms with Crippen molar-refractivity contribution in [2.24, 2.45) is 0 Å². The number of nitrogen functional groups attached to an aromatic ring is 1. The van der Waals surface area contributed by atoms with Crippen LogP contribution in [0.4, 0.5) is 15.8 Å². The summed E-state index contributed by atoms with van der Waals surface area (Å²) in [6, 6.07) is 11.1. The first kappa shape index (κ1) is 16.4. The summed E-state index contributed by atoms with van der Waals surface area (Å²) in [4.78, 5) is 2.26. The maximum Gasteiger partial charge on any atom is 0.165 e. The van der Waals surface area contributed by atoms with Crippen molar-refractivity contribution in [2.45, 2.75) is 19.4 Å². The molecule has 3 nitrogen and oxygen atoms in total. The van der Waals surface area contributed by atoms with E-state index in [1.165, 1.54) is 12.7 Å². The van der Waals surface area contributed by atoms with E-state index in [1.807, 2.05) is 18.2 Å². The van der Waals surface area contributed by atoms with Crippen molar-refractivity contribution in [1.82, 2.24) is 0 Å². The molecule has 0 saturated carbocycles. The average molecular weight is 323 g/mol. The van der Waals surface area contributed by atoms with Gasteiger partial charge in [0.1, 0.15) is 0 Å². The Hall–Kier alpha value is -1.94. The van der Waals surface area contributed by atoms with Crippen LogP contribution in [0.3, 0.4) is 0 Å². The standard InChI is InChI=1S/C17H19FN2O.ClH/c1-21-17-8-7-12(10-14(17)18)11-20-9-3-4-13-15(19)5-2-6-16(13)20;/h2,5-8,10H,3-4,9,11,19H2,1H3;1H. The fourth-order valence-corrected chi connectivity index (χ4v) is 2.92. The van der Waals surface area contributed by atoms with Gasteiger partial charge in [-0.1, -0.05) is 12.1 Å². The smallest absolute Gasteiger partial charge is 0.165 e. The zero-order valence-corrected chi connectivity index (χ0v) is 13.3. The molecule has 0 unspecified atom stereocenters. The van der Waals surface area contributed by atoms with Gasteiger partial charge in [0.25, 0.3) is 0 Å². The van der Waals surface area contributed by atoms with E-state index >= 15 is 0 Å². The van der Waals surface area contributed by atoms with E-state index in [0.29, 0.717) is 6.54 Å². The number of rotatable bonds is 3. The van der Waals surface area contributed by atoms with Gasteiger partial charge in [0.15, 0.2) is 11.6 Å². The second-order valence-corrected chi connectivity index (χ2v) is 5.34. The summed E-state index contributed by atoms with van der Waals surface area (Å²) in [5.74, 6) is -0.0400. The third-order valence-electron chi connectivity index (χ3n) is 3.97. The lowest BCUT2D eigenvalue weighted by molar-refractivity contribution is 0.386. The third-order valence-corrected chi connectivity index (χ3v) is 3.97. The van der Waals surface area contributed by atoms with E-state index in [4.69, 9.17) is 10.5 Å². The predicted octanol–water partition coefficient (Wildman–Crippen LogP) is 3.79. The summed E-state index contributed by atoms with van der Waals surface area (Å²) in [5, 5.41) is 0. The van der Waals surface area contributed by atoms with Crippen LogP contribution in [0.5, 0.6) is 5.75 Å². The lowest BCUT2D eigenvalue weighted by Crippen LogP contribution is -2.29. The van der Waals surface area contributed by atoms with Gasteiger partial charge in [-0.25, -0.2) is 4.39 Å². The molecule has 0 atom stereocenters. The third kappa shape index (κ3) is 3.12. The molecule has 0 fully saturated rings. The Bertz CT molecular complexity index is 663. The Morgan fingerprint density at radius 1 is 1.27 bits per heavy atom. The van der Waals surface area contributed by atoms with Gasteiger partial charge in [0.2, 0.25) is 0 Å². The summed E-state index contributed by atoms with van der Waals surface area (Å²) in [6.07, 6.45) is 2.08. The molecular weight excluding hydrogens is 303 g/mol. The number of hydrogen-bond donors (Lipinski definition) is 1. The van der Waals surface area contributed by atoms with Gasteiger partial charge in [-0.2, -0.15) is 0 Å². The number of anilines is 2. The van der Waals surface area contributed by atoms with Crippen molar-refractivity contribution >= 4 is 23.8 Å². The number of benzene rings is 2. The summed E-state index contributed by atoms with van der Waals surface area (Å²) in [5.41, 5.74) is 10.2. The van der Waals surface area contributed by atoms with Gasteiger partial charge in [0, 0.05) is 24.5 Å². The topological polar surface area (TPSA) is 38.5 Å². The minimum absolute atomic E-state index is 0. The summed E-state index contributed by atoms with van der Waals surface area (Å²) >= 11 is 0. The van der Waals surface area contributed by atoms with Gasteiger partial charge in [-0.15, -0.1) is 12.4 Å². The lowest BCUT2D eigenvalue weighted by atomic mass is 9.99. The molecule has 0 aliphatic carbocycles. The highest BCUT2D eigenvalue weighted by molar-refractivity contribution is 5.85. The molecule has 2 aromatic carbocycles. The second kappa shape index (κ2) is 6.88. The van der Waals surface area contributed by atoms with E-state index < -0.39 is 0 Å². The molecule has 0 saturated heterocycles. The van der Waals surface area contributed by atoms with Crippen molar-refractivity contribution in [3.63, 3.8) is 0 Å². The molecule has 1 aliphatic heterocycles. The fraction of sp³-hybridized carbons (Fsp3) is 0.294. The molecule has 0 spiro atoms. The van der Waals surface area contributed by atoms with E-state index in [1.54, 1.807) is 12.1 Å². The van der Waals surface area contributed by atoms with Crippen LogP contribution >= 0.6 is 12.4 Å². The molecule has 5 heteroatoms. The zero-order chi connectivity index (χ0) is 14.8. The van der Waals surface area contributed by atoms with Crippen molar-refractivity contribution in [2.75, 3.05) is 24.3 Å². The highest BCUT2D eigenvalue weighted by atomic mass is 35.5. The van der Waals surface area contributed by atoms with Gasteiger partial charge in [0.05, 0.1) is 7.11 Å². The van der Waals surface area contributed by atoms with Gasteiger partial charge in [-0.05, 0) is 48.2 Å². The maximum absolute atomic E-state index is 13.8. The molecule has 0 aromatic heterocycles. The largest absolute Gasteiger partial charge is 0.494 e. The molecule has 0 bridgehead atoms. The van der Waals surface area contributed by atoms with E-state index in [-0.39, 0.29) is 24.0 Å². The SMILES string of the molecule is COc1ccc(CN2CCCc3c(N)cccc32)cc1F.Cl. The van der Waals surface area contributed by atoms with E-state index in [0.717, 1.165) is 36.3 Å². The van der Waals surface area contributed by atoms with Crippen LogP contribution in [-0.4, -0.2) is 13.7 Å². The molecule has 22 heavy (non-hydrogen) atoms. The number of hydrogen-bond acceptors (Lipinski definition) is 3. The molecule has 1 aliphatic rings. The Balaban J connectivity index is 0.00000176. The minimum atomic E-state index is -0.320. The number of nitrogens with two attached hydrogens (primary N) is 1. The molecule has 118 valence electrons. The van der Waals surface area contributed by atoms with Crippen molar-refractivity contribution in [3.8, 4) is 5.75 Å². The quantitative estimate of drug-likeness (QED) is 0.874. The molecule has 0 amide bonds. The number of methoxy groups -OCH3 is 1. The highest BCUT2D eigenvalue weighted by Gasteiger charge is 2.19. The highest BCUT2D eigenvalue weighted by Crippen LogP contribution is 2.32. The molecule has 3 rings (SSSR count). The van der Waals surface area contributed by atoms with Crippen LogP contribution in [0.15, 0.2) is 36.4 Å². The van der Waals surface area contributed by atoms with Crippen LogP contribution in [0.25, 0.3) is 0 Å². The first-order valence-electron chi connectivity index (χ1n) is 7.14. The second-order valence-electron chi connectivity index (χ2n) is 5.34. The van der Waals surface area contributed by atoms with Crippen LogP contribution in [0.1, 0.15) is 17.5 Å². The average Bonchev–Trinajstić information content (AvgIpc) is 2.49. The predicted molar refractivity (Wildman–Crippen MR) is 90.4 cm³/mol. The molecule has 2 N–H and O–H groups in total. The summed E-state index contributed by atoms with van der Waals surface area (Å²) in [7, 11) is 1.47. The first-order chi connectivity index (χ1) is 10.2. The fourth-order valence-electron chi connectivity index (χ4n) is 2.92. The van der Waals surface area contributed by atoms with Crippen LogP contribution in [0.2, 0.25) is 0 Å². The van der Waals surface area contributed by atoms with Gasteiger partial charge < -0.3 is 15.4 Å². The number of nitrogens with zero attached hydrogens (tertiary/aromatic N) is 1. The Labute approximate surface area is 136 Å². The van der Waals surface area contributed by atoms with Crippen LogP contribution < -0.4 is 15.4 Å². The number of halogens is 2. The Kier molecular flexibility index (Phi) is 5.14. The van der Waals surface area contributed by atoms with E-state index in [9.17, 15) is 4.39 Å². The van der Waals surface area contributed by atoms with Crippen LogP contribution in [-0.2, 0) is 13.0 Å². The maximum atomic E-state index is 13.8. The first-order valence-corrected chi connectivity index (χ1v) is 7.14. The van der Waals surface area contributed by atoms with Gasteiger partial charge >= 0.3 is 0 Å². The normalized spacial score (nSPS) is 13.3. The molecule has 1 heterocycles. The lowest BCUT2D eigenvalue weighted by Gasteiger charge is -2.32. The van der Waals surface area contributed by atoms with Crippen molar-refractivity contribution in [3.05, 3.63) is 53.3 Å². The number of ether oxygens (including phenoxy) is 1. The van der Waals surface area contributed by atoms with E-state index in [2.05, 4.69) is 11.0 Å². The molecule has 0 radical (unpaired) electrons. The monoisotopic (exact) mass is 322 g/mol. The summed E-state index contributed by atoms with van der Waals surface area (Å²) in [6.45, 7) is 1.64.